The Labute approximate surface area is 127 Å². The van der Waals surface area contributed by atoms with Gasteiger partial charge >= 0.3 is 5.97 Å². The molecule has 1 aromatic carbocycles. The van der Waals surface area contributed by atoms with Gasteiger partial charge in [-0.25, -0.2) is 0 Å². The fourth-order valence-electron chi connectivity index (χ4n) is 3.17. The van der Waals surface area contributed by atoms with Crippen LogP contribution in [0.25, 0.3) is 0 Å². The van der Waals surface area contributed by atoms with Crippen LogP contribution in [0.4, 0.5) is 0 Å². The summed E-state index contributed by atoms with van der Waals surface area (Å²) >= 11 is 0. The van der Waals surface area contributed by atoms with Gasteiger partial charge in [-0.3, -0.25) is 4.79 Å². The Morgan fingerprint density at radius 2 is 2.00 bits per heavy atom. The van der Waals surface area contributed by atoms with Gasteiger partial charge in [-0.15, -0.1) is 0 Å². The summed E-state index contributed by atoms with van der Waals surface area (Å²) in [5.41, 5.74) is 2.25. The van der Waals surface area contributed by atoms with Crippen LogP contribution in [0.1, 0.15) is 68.9 Å². The molecule has 1 saturated carbocycles. The van der Waals surface area contributed by atoms with E-state index in [2.05, 4.69) is 12.1 Å². The summed E-state index contributed by atoms with van der Waals surface area (Å²) in [7, 11) is 1.67. The zero-order chi connectivity index (χ0) is 15.2. The third-order valence-electron chi connectivity index (χ3n) is 4.44. The normalized spacial score (nSPS) is 17.3. The molecule has 1 aromatic rings. The zero-order valence-electron chi connectivity index (χ0n) is 13.4. The molecule has 0 spiro atoms. The molecule has 0 bridgehead atoms. The van der Waals surface area contributed by atoms with Crippen molar-refractivity contribution in [1.29, 1.82) is 0 Å². The van der Waals surface area contributed by atoms with E-state index in [0.29, 0.717) is 12.5 Å². The Balaban J connectivity index is 2.21. The second-order valence-electron chi connectivity index (χ2n) is 5.81. The number of ether oxygens (including phenoxy) is 2. The molecule has 0 unspecified atom stereocenters. The van der Waals surface area contributed by atoms with Crippen molar-refractivity contribution in [2.45, 2.75) is 57.8 Å². The highest BCUT2D eigenvalue weighted by atomic mass is 16.5. The van der Waals surface area contributed by atoms with Gasteiger partial charge in [0.1, 0.15) is 5.75 Å². The fraction of sp³-hybridized carbons (Fsp3) is 0.611. The predicted octanol–water partition coefficient (Wildman–Crippen LogP) is 4.41. The van der Waals surface area contributed by atoms with Crippen molar-refractivity contribution in [1.82, 2.24) is 0 Å². The van der Waals surface area contributed by atoms with Crippen LogP contribution in [0.5, 0.6) is 5.75 Å². The van der Waals surface area contributed by atoms with Crippen LogP contribution in [-0.4, -0.2) is 19.7 Å². The maximum Gasteiger partial charge on any atom is 0.313 e. The Morgan fingerprint density at radius 1 is 1.29 bits per heavy atom. The lowest BCUT2D eigenvalue weighted by Crippen LogP contribution is -2.14. The summed E-state index contributed by atoms with van der Waals surface area (Å²) in [6, 6.07) is 6.30. The number of benzene rings is 1. The number of carbonyl (C=O) groups is 1. The van der Waals surface area contributed by atoms with Crippen molar-refractivity contribution in [2.75, 3.05) is 13.7 Å². The third-order valence-corrected chi connectivity index (χ3v) is 4.44. The molecule has 0 radical (unpaired) electrons. The van der Waals surface area contributed by atoms with Crippen molar-refractivity contribution in [3.05, 3.63) is 29.3 Å². The lowest BCUT2D eigenvalue weighted by Gasteiger charge is -2.23. The standard InChI is InChI=1S/C18H26O3/c1-4-21-18(19)13(2)16-11-10-15(12-17(16)20-3)14-8-6-5-7-9-14/h10-14H,4-9H2,1-3H3/t13-/m0/s1. The van der Waals surface area contributed by atoms with Crippen LogP contribution in [0.2, 0.25) is 0 Å². The van der Waals surface area contributed by atoms with E-state index in [1.165, 1.54) is 37.7 Å². The molecule has 0 amide bonds. The van der Waals surface area contributed by atoms with Crippen molar-refractivity contribution < 1.29 is 14.3 Å². The molecule has 116 valence electrons. The topological polar surface area (TPSA) is 35.5 Å². The second kappa shape index (κ2) is 7.48. The highest BCUT2D eigenvalue weighted by Crippen LogP contribution is 2.36. The number of methoxy groups -OCH3 is 1. The van der Waals surface area contributed by atoms with Gasteiger partial charge in [-0.2, -0.15) is 0 Å². The smallest absolute Gasteiger partial charge is 0.313 e. The number of esters is 1. The third kappa shape index (κ3) is 3.78. The van der Waals surface area contributed by atoms with Crippen molar-refractivity contribution in [2.24, 2.45) is 0 Å². The predicted molar refractivity (Wildman–Crippen MR) is 83.9 cm³/mol. The van der Waals surface area contributed by atoms with Crippen molar-refractivity contribution in [3.8, 4) is 5.75 Å². The highest BCUT2D eigenvalue weighted by molar-refractivity contribution is 5.78. The van der Waals surface area contributed by atoms with Crippen LogP contribution >= 0.6 is 0 Å². The van der Waals surface area contributed by atoms with E-state index >= 15 is 0 Å². The first-order chi connectivity index (χ1) is 10.2. The molecule has 0 saturated heterocycles. The number of rotatable bonds is 5. The quantitative estimate of drug-likeness (QED) is 0.753. The molecule has 0 heterocycles. The molecule has 1 atom stereocenters. The lowest BCUT2D eigenvalue weighted by atomic mass is 9.83. The van der Waals surface area contributed by atoms with Crippen molar-refractivity contribution >= 4 is 5.97 Å². The monoisotopic (exact) mass is 290 g/mol. The molecule has 0 aromatic heterocycles. The molecule has 21 heavy (non-hydrogen) atoms. The molecular formula is C18H26O3. The van der Waals surface area contributed by atoms with Gasteiger partial charge in [0.25, 0.3) is 0 Å². The molecule has 0 aliphatic heterocycles. The Morgan fingerprint density at radius 3 is 2.62 bits per heavy atom. The largest absolute Gasteiger partial charge is 0.496 e. The van der Waals surface area contributed by atoms with Gasteiger partial charge in [-0.05, 0) is 44.2 Å². The van der Waals surface area contributed by atoms with E-state index in [0.717, 1.165) is 11.3 Å². The van der Waals surface area contributed by atoms with E-state index in [-0.39, 0.29) is 11.9 Å². The molecule has 3 heteroatoms. The second-order valence-corrected chi connectivity index (χ2v) is 5.81. The first-order valence-corrected chi connectivity index (χ1v) is 8.01. The summed E-state index contributed by atoms with van der Waals surface area (Å²) in [5.74, 6) is 0.958. The summed E-state index contributed by atoms with van der Waals surface area (Å²) < 4.78 is 10.6. The van der Waals surface area contributed by atoms with E-state index in [1.807, 2.05) is 19.9 Å². The first-order valence-electron chi connectivity index (χ1n) is 8.01. The summed E-state index contributed by atoms with van der Waals surface area (Å²) in [6.07, 6.45) is 6.50. The van der Waals surface area contributed by atoms with Crippen molar-refractivity contribution in [3.63, 3.8) is 0 Å². The molecule has 2 rings (SSSR count). The molecule has 1 aliphatic carbocycles. The Kier molecular flexibility index (Phi) is 5.66. The number of hydrogen-bond donors (Lipinski definition) is 0. The molecule has 3 nitrogen and oxygen atoms in total. The van der Waals surface area contributed by atoms with Crippen LogP contribution < -0.4 is 4.74 Å². The highest BCUT2D eigenvalue weighted by Gasteiger charge is 2.22. The molecule has 1 aliphatic rings. The zero-order valence-corrected chi connectivity index (χ0v) is 13.4. The molecular weight excluding hydrogens is 264 g/mol. The van der Waals surface area contributed by atoms with Crippen LogP contribution in [0, 0.1) is 0 Å². The summed E-state index contributed by atoms with van der Waals surface area (Å²) in [5, 5.41) is 0. The maximum absolute atomic E-state index is 11.9. The van der Waals surface area contributed by atoms with E-state index in [9.17, 15) is 4.79 Å². The fourth-order valence-corrected chi connectivity index (χ4v) is 3.17. The van der Waals surface area contributed by atoms with E-state index < -0.39 is 0 Å². The van der Waals surface area contributed by atoms with Crippen LogP contribution in [0.3, 0.4) is 0 Å². The van der Waals surface area contributed by atoms with E-state index in [4.69, 9.17) is 9.47 Å². The maximum atomic E-state index is 11.9. The minimum Gasteiger partial charge on any atom is -0.496 e. The van der Waals surface area contributed by atoms with Gasteiger partial charge in [0.15, 0.2) is 0 Å². The number of hydrogen-bond acceptors (Lipinski definition) is 3. The van der Waals surface area contributed by atoms with Crippen LogP contribution in [-0.2, 0) is 9.53 Å². The Bertz CT molecular complexity index is 475. The first kappa shape index (κ1) is 15.9. The van der Waals surface area contributed by atoms with Gasteiger partial charge in [0.2, 0.25) is 0 Å². The Hall–Kier alpha value is -1.51. The van der Waals surface area contributed by atoms with Crippen LogP contribution in [0.15, 0.2) is 18.2 Å². The minimum absolute atomic E-state index is 0.193. The average molecular weight is 290 g/mol. The SMILES string of the molecule is CCOC(=O)[C@@H](C)c1ccc(C2CCCCC2)cc1OC. The van der Waals surface area contributed by atoms with Gasteiger partial charge in [-0.1, -0.05) is 31.4 Å². The minimum atomic E-state index is -0.291. The van der Waals surface area contributed by atoms with E-state index in [1.54, 1.807) is 7.11 Å². The van der Waals surface area contributed by atoms with Gasteiger partial charge in [0, 0.05) is 5.56 Å². The molecule has 0 N–H and O–H groups in total. The van der Waals surface area contributed by atoms with Gasteiger partial charge < -0.3 is 9.47 Å². The lowest BCUT2D eigenvalue weighted by molar-refractivity contribution is -0.144. The average Bonchev–Trinajstić information content (AvgIpc) is 2.54. The number of carbonyl (C=O) groups excluding carboxylic acids is 1. The van der Waals surface area contributed by atoms with Gasteiger partial charge in [0.05, 0.1) is 19.6 Å². The summed E-state index contributed by atoms with van der Waals surface area (Å²) in [4.78, 5) is 11.9. The molecule has 1 fully saturated rings. The summed E-state index contributed by atoms with van der Waals surface area (Å²) in [6.45, 7) is 4.11.